The second kappa shape index (κ2) is 14.5. The summed E-state index contributed by atoms with van der Waals surface area (Å²) in [6, 6.07) is 54.2. The van der Waals surface area contributed by atoms with Gasteiger partial charge in [0, 0.05) is 33.4 Å². The van der Waals surface area contributed by atoms with Crippen LogP contribution in [-0.2, 0) is 0 Å². The van der Waals surface area contributed by atoms with Gasteiger partial charge in [-0.1, -0.05) is 133 Å². The molecule has 0 atom stereocenters. The van der Waals surface area contributed by atoms with Crippen molar-refractivity contribution in [1.82, 2.24) is 0 Å². The first-order valence-corrected chi connectivity index (χ1v) is 19.8. The van der Waals surface area contributed by atoms with Crippen LogP contribution in [0.1, 0.15) is 11.1 Å². The Balaban J connectivity index is 1.08. The van der Waals surface area contributed by atoms with E-state index in [-0.39, 0.29) is 23.0 Å². The third kappa shape index (κ3) is 6.05. The molecule has 4 N–H and O–H groups in total. The van der Waals surface area contributed by atoms with Crippen molar-refractivity contribution in [3.63, 3.8) is 0 Å². The predicted molar refractivity (Wildman–Crippen MR) is 245 cm³/mol. The van der Waals surface area contributed by atoms with Crippen LogP contribution in [0.2, 0.25) is 0 Å². The van der Waals surface area contributed by atoms with Crippen LogP contribution in [0.15, 0.2) is 180 Å². The van der Waals surface area contributed by atoms with E-state index in [1.807, 2.05) is 172 Å². The SMILES string of the molecule is Cc1ccc(-c2cc3ccccc3c(-c3c(O)ccc4ccccc34)c2O)cc1N=Nc1cc(-c2cc3ccccc3c(-c3c(O)ccc4ccccc34)c2O)ccc1C. The van der Waals surface area contributed by atoms with Crippen molar-refractivity contribution in [3.05, 3.63) is 181 Å². The molecule has 10 aromatic carbocycles. The summed E-state index contributed by atoms with van der Waals surface area (Å²) in [7, 11) is 0. The summed E-state index contributed by atoms with van der Waals surface area (Å²) in [4.78, 5) is 0. The van der Waals surface area contributed by atoms with E-state index in [2.05, 4.69) is 0 Å². The molecular formula is C54H38N2O4. The normalized spacial score (nSPS) is 11.7. The van der Waals surface area contributed by atoms with Crippen molar-refractivity contribution >= 4 is 54.5 Å². The molecule has 6 heteroatoms. The Kier molecular flexibility index (Phi) is 8.76. The number of aryl methyl sites for hydroxylation is 2. The summed E-state index contributed by atoms with van der Waals surface area (Å²) in [5.41, 5.74) is 8.01. The van der Waals surface area contributed by atoms with E-state index in [1.165, 1.54) is 0 Å². The molecule has 0 fully saturated rings. The molecular weight excluding hydrogens is 741 g/mol. The Hall–Kier alpha value is -7.96. The minimum Gasteiger partial charge on any atom is -0.507 e. The summed E-state index contributed by atoms with van der Waals surface area (Å²) < 4.78 is 0. The van der Waals surface area contributed by atoms with Crippen LogP contribution in [0.4, 0.5) is 11.4 Å². The van der Waals surface area contributed by atoms with Gasteiger partial charge in [0.05, 0.1) is 11.4 Å². The fraction of sp³-hybridized carbons (Fsp3) is 0.0370. The van der Waals surface area contributed by atoms with Gasteiger partial charge >= 0.3 is 0 Å². The van der Waals surface area contributed by atoms with E-state index in [1.54, 1.807) is 12.1 Å². The largest absolute Gasteiger partial charge is 0.507 e. The van der Waals surface area contributed by atoms with Crippen LogP contribution < -0.4 is 0 Å². The maximum atomic E-state index is 12.2. The van der Waals surface area contributed by atoms with Gasteiger partial charge in [0.1, 0.15) is 23.0 Å². The highest BCUT2D eigenvalue weighted by Crippen LogP contribution is 2.51. The average Bonchev–Trinajstić information content (AvgIpc) is 3.27. The Morgan fingerprint density at radius 3 is 1.08 bits per heavy atom. The molecule has 60 heavy (non-hydrogen) atoms. The van der Waals surface area contributed by atoms with E-state index in [9.17, 15) is 20.4 Å². The molecule has 0 unspecified atom stereocenters. The summed E-state index contributed by atoms with van der Waals surface area (Å²) in [5.74, 6) is 0.286. The van der Waals surface area contributed by atoms with Gasteiger partial charge in [0.15, 0.2) is 0 Å². The first-order valence-electron chi connectivity index (χ1n) is 19.8. The van der Waals surface area contributed by atoms with Crippen molar-refractivity contribution in [2.24, 2.45) is 10.2 Å². The van der Waals surface area contributed by atoms with Crippen molar-refractivity contribution in [2.75, 3.05) is 0 Å². The van der Waals surface area contributed by atoms with E-state index < -0.39 is 0 Å². The Labute approximate surface area is 346 Å². The fourth-order valence-corrected chi connectivity index (χ4v) is 8.54. The van der Waals surface area contributed by atoms with Gasteiger partial charge in [-0.05, 0) is 116 Å². The van der Waals surface area contributed by atoms with Crippen molar-refractivity contribution in [2.45, 2.75) is 13.8 Å². The van der Waals surface area contributed by atoms with Crippen LogP contribution in [0.3, 0.4) is 0 Å². The molecule has 0 spiro atoms. The van der Waals surface area contributed by atoms with E-state index in [0.717, 1.165) is 65.3 Å². The molecule has 0 radical (unpaired) electrons. The summed E-state index contributed by atoms with van der Waals surface area (Å²) in [6.45, 7) is 3.94. The number of hydrogen-bond donors (Lipinski definition) is 4. The summed E-state index contributed by atoms with van der Waals surface area (Å²) in [5, 5.41) is 63.6. The lowest BCUT2D eigenvalue weighted by molar-refractivity contribution is 0.471. The number of nitrogens with zero attached hydrogens (tertiary/aromatic N) is 2. The summed E-state index contributed by atoms with van der Waals surface area (Å²) in [6.07, 6.45) is 0. The maximum absolute atomic E-state index is 12.2. The number of phenolic OH excluding ortho intramolecular Hbond substituents is 4. The molecule has 0 saturated carbocycles. The molecule has 288 valence electrons. The monoisotopic (exact) mass is 778 g/mol. The molecule has 6 nitrogen and oxygen atoms in total. The number of rotatable bonds is 6. The molecule has 0 heterocycles. The molecule has 0 aliphatic carbocycles. The van der Waals surface area contributed by atoms with Crippen molar-refractivity contribution in [1.29, 1.82) is 0 Å². The topological polar surface area (TPSA) is 106 Å². The second-order valence-electron chi connectivity index (χ2n) is 15.3. The highest BCUT2D eigenvalue weighted by atomic mass is 16.3. The van der Waals surface area contributed by atoms with E-state index in [4.69, 9.17) is 10.2 Å². The Bertz CT molecular complexity index is 3180. The van der Waals surface area contributed by atoms with Gasteiger partial charge in [-0.3, -0.25) is 0 Å². The quantitative estimate of drug-likeness (QED) is 0.126. The van der Waals surface area contributed by atoms with E-state index >= 15 is 0 Å². The molecule has 0 aliphatic rings. The lowest BCUT2D eigenvalue weighted by Gasteiger charge is -2.18. The zero-order chi connectivity index (χ0) is 41.1. The second-order valence-corrected chi connectivity index (χ2v) is 15.3. The molecule has 0 aliphatic heterocycles. The number of azo groups is 1. The molecule has 10 rings (SSSR count). The zero-order valence-corrected chi connectivity index (χ0v) is 32.8. The zero-order valence-electron chi connectivity index (χ0n) is 32.8. The van der Waals surface area contributed by atoms with E-state index in [0.29, 0.717) is 44.8 Å². The molecule has 10 aromatic rings. The number of phenols is 4. The van der Waals surface area contributed by atoms with Gasteiger partial charge in [0.25, 0.3) is 0 Å². The minimum atomic E-state index is 0.0574. The van der Waals surface area contributed by atoms with Crippen LogP contribution >= 0.6 is 0 Å². The predicted octanol–water partition coefficient (Wildman–Crippen LogP) is 14.8. The smallest absolute Gasteiger partial charge is 0.132 e. The summed E-state index contributed by atoms with van der Waals surface area (Å²) >= 11 is 0. The lowest BCUT2D eigenvalue weighted by atomic mass is 9.88. The van der Waals surface area contributed by atoms with Crippen molar-refractivity contribution in [3.8, 4) is 67.5 Å². The Morgan fingerprint density at radius 1 is 0.333 bits per heavy atom. The average molecular weight is 779 g/mol. The van der Waals surface area contributed by atoms with Gasteiger partial charge in [-0.15, -0.1) is 0 Å². The first kappa shape index (κ1) is 36.4. The first-order chi connectivity index (χ1) is 29.2. The van der Waals surface area contributed by atoms with Gasteiger partial charge in [-0.25, -0.2) is 0 Å². The highest BCUT2D eigenvalue weighted by molar-refractivity contribution is 6.13. The van der Waals surface area contributed by atoms with Crippen LogP contribution in [0.5, 0.6) is 23.0 Å². The third-order valence-electron chi connectivity index (χ3n) is 11.7. The highest BCUT2D eigenvalue weighted by Gasteiger charge is 2.23. The van der Waals surface area contributed by atoms with Crippen LogP contribution in [-0.4, -0.2) is 20.4 Å². The number of benzene rings is 10. The fourth-order valence-electron chi connectivity index (χ4n) is 8.54. The van der Waals surface area contributed by atoms with Crippen molar-refractivity contribution < 1.29 is 20.4 Å². The lowest BCUT2D eigenvalue weighted by Crippen LogP contribution is -1.90. The molecule has 0 aromatic heterocycles. The Morgan fingerprint density at radius 2 is 0.683 bits per heavy atom. The van der Waals surface area contributed by atoms with Crippen LogP contribution in [0, 0.1) is 13.8 Å². The number of hydrogen-bond acceptors (Lipinski definition) is 6. The third-order valence-corrected chi connectivity index (χ3v) is 11.7. The number of aromatic hydroxyl groups is 4. The molecule has 0 amide bonds. The standard InChI is InChI=1S/C54H38N2O4/c1-31-19-21-37(43-27-35-13-5-9-17-41(35)51(53(43)59)49-39-15-7-3-11-33(39)23-25-47(49)57)29-45(31)55-56-46-30-38(22-20-32(46)2)44-28-36-14-6-10-18-42(36)52(54(44)60)50-40-16-8-4-12-34(40)24-26-48(50)58/h3-30,57-60H,1-2H3. The van der Waals surface area contributed by atoms with Crippen LogP contribution in [0.25, 0.3) is 87.6 Å². The number of fused-ring (bicyclic) bond motifs is 4. The molecule has 0 bridgehead atoms. The van der Waals surface area contributed by atoms with Gasteiger partial charge < -0.3 is 20.4 Å². The maximum Gasteiger partial charge on any atom is 0.132 e. The minimum absolute atomic E-state index is 0.0574. The van der Waals surface area contributed by atoms with Gasteiger partial charge in [-0.2, -0.15) is 10.2 Å². The molecule has 0 saturated heterocycles. The van der Waals surface area contributed by atoms with Gasteiger partial charge in [0.2, 0.25) is 0 Å².